The minimum Gasteiger partial charge on any atom is -0.748 e. The predicted octanol–water partition coefficient (Wildman–Crippen LogP) is -5.33. The van der Waals surface area contributed by atoms with Crippen LogP contribution in [0.15, 0.2) is 0 Å². The van der Waals surface area contributed by atoms with E-state index in [1.165, 1.54) is 0 Å². The van der Waals surface area contributed by atoms with Crippen molar-refractivity contribution in [2.45, 2.75) is 0 Å². The van der Waals surface area contributed by atoms with Crippen LogP contribution in [0.4, 0.5) is 0 Å². The molecule has 0 spiro atoms. The number of nitrogens with two attached hydrogens (primary N) is 1. The number of rotatable bonds is 2. The van der Waals surface area contributed by atoms with Crippen LogP contribution in [0.5, 0.6) is 0 Å². The molecule has 52 valence electrons. The van der Waals surface area contributed by atoms with Gasteiger partial charge in [-0.25, -0.2) is 8.42 Å². The molecule has 7 heteroatoms. The van der Waals surface area contributed by atoms with Crippen molar-refractivity contribution in [1.29, 1.82) is 0 Å². The predicted molar refractivity (Wildman–Crippen MR) is 27.2 cm³/mol. The van der Waals surface area contributed by atoms with Gasteiger partial charge >= 0.3 is 29.6 Å². The molecule has 0 unspecified atom stereocenters. The molecule has 0 bridgehead atoms. The van der Waals surface area contributed by atoms with Crippen molar-refractivity contribution in [3.8, 4) is 0 Å². The van der Waals surface area contributed by atoms with Crippen LogP contribution < -0.4 is 35.3 Å². The first-order valence-electron chi connectivity index (χ1n) is 1.70. The molecule has 0 rings (SSSR count). The van der Waals surface area contributed by atoms with Crippen molar-refractivity contribution >= 4 is 10.1 Å². The quantitative estimate of drug-likeness (QED) is 0.325. The Morgan fingerprint density at radius 1 is 1.44 bits per heavy atom. The van der Waals surface area contributed by atoms with Crippen LogP contribution in [0.1, 0.15) is 0 Å². The zero-order valence-corrected chi connectivity index (χ0v) is 7.94. The molecule has 4 N–H and O–H groups in total. The summed E-state index contributed by atoms with van der Waals surface area (Å²) in [5.74, 6) is -0.465. The van der Waals surface area contributed by atoms with Crippen molar-refractivity contribution in [2.75, 3.05) is 12.3 Å². The van der Waals surface area contributed by atoms with Gasteiger partial charge in [-0.2, -0.15) is 0 Å². The van der Waals surface area contributed by atoms with Crippen molar-refractivity contribution in [3.63, 3.8) is 0 Å². The Kier molecular flexibility index (Phi) is 12.7. The Hall–Kier alpha value is 0.830. The average Bonchev–Trinajstić information content (AvgIpc) is 1.30. The van der Waals surface area contributed by atoms with Gasteiger partial charge in [0, 0.05) is 6.54 Å². The molecule has 0 amide bonds. The van der Waals surface area contributed by atoms with Gasteiger partial charge in [0.2, 0.25) is 0 Å². The molecule has 0 saturated carbocycles. The summed E-state index contributed by atoms with van der Waals surface area (Å²) < 4.78 is 28.8. The van der Waals surface area contributed by atoms with Gasteiger partial charge in [-0.3, -0.25) is 0 Å². The fourth-order valence-electron chi connectivity index (χ4n) is 0.144. The molecular weight excluding hydrogens is 157 g/mol. The van der Waals surface area contributed by atoms with Crippen molar-refractivity contribution in [3.05, 3.63) is 0 Å². The molecule has 0 saturated heterocycles. The topological polar surface area (TPSA) is 115 Å². The van der Waals surface area contributed by atoms with Crippen molar-refractivity contribution < 1.29 is 48.0 Å². The van der Waals surface area contributed by atoms with Gasteiger partial charge in [-0.15, -0.1) is 0 Å². The summed E-state index contributed by atoms with van der Waals surface area (Å²) in [6.45, 7) is -0.0914. The van der Waals surface area contributed by atoms with E-state index in [9.17, 15) is 13.0 Å². The van der Waals surface area contributed by atoms with Crippen LogP contribution in [0, 0.1) is 0 Å². The molecule has 5 nitrogen and oxygen atoms in total. The maximum Gasteiger partial charge on any atom is 1.00 e. The summed E-state index contributed by atoms with van der Waals surface area (Å²) in [5.41, 5.74) is 4.74. The van der Waals surface area contributed by atoms with Gasteiger partial charge < -0.3 is 15.8 Å². The van der Waals surface area contributed by atoms with E-state index in [4.69, 9.17) is 5.73 Å². The van der Waals surface area contributed by atoms with Crippen LogP contribution in [0.25, 0.3) is 0 Å². The molecule has 0 aromatic rings. The Labute approximate surface area is 76.0 Å². The van der Waals surface area contributed by atoms with Gasteiger partial charge in [0.15, 0.2) is 0 Å². The van der Waals surface area contributed by atoms with Crippen LogP contribution >= 0.6 is 0 Å². The average molecular weight is 165 g/mol. The third-order valence-corrected chi connectivity index (χ3v) is 1.10. The molecule has 0 aliphatic heterocycles. The number of hydrogen-bond donors (Lipinski definition) is 1. The van der Waals surface area contributed by atoms with Gasteiger partial charge in [0.1, 0.15) is 0 Å². The monoisotopic (exact) mass is 165 g/mol. The van der Waals surface area contributed by atoms with Gasteiger partial charge in [-0.1, -0.05) is 0 Å². The molecular formula is C2H8NNaO4S. The molecule has 0 aromatic heterocycles. The minimum atomic E-state index is -4.05. The summed E-state index contributed by atoms with van der Waals surface area (Å²) >= 11 is 0. The molecule has 9 heavy (non-hydrogen) atoms. The third-order valence-electron chi connectivity index (χ3n) is 0.368. The summed E-state index contributed by atoms with van der Waals surface area (Å²) in [7, 11) is -4.05. The second kappa shape index (κ2) is 6.94. The zero-order valence-electron chi connectivity index (χ0n) is 5.12. The minimum absolute atomic E-state index is 0. The number of hydrogen-bond acceptors (Lipinski definition) is 4. The maximum absolute atomic E-state index is 9.60. The molecule has 0 atom stereocenters. The second-order valence-corrected chi connectivity index (χ2v) is 2.57. The van der Waals surface area contributed by atoms with Crippen molar-refractivity contribution in [1.82, 2.24) is 0 Å². The van der Waals surface area contributed by atoms with E-state index in [0.29, 0.717) is 0 Å². The normalized spacial score (nSPS) is 9.11. The van der Waals surface area contributed by atoms with E-state index in [1.807, 2.05) is 0 Å². The van der Waals surface area contributed by atoms with E-state index in [1.54, 1.807) is 0 Å². The molecule has 0 radical (unpaired) electrons. The summed E-state index contributed by atoms with van der Waals surface area (Å²) in [4.78, 5) is 0. The Bertz CT molecular complexity index is 132. The molecule has 0 aromatic carbocycles. The van der Waals surface area contributed by atoms with Crippen LogP contribution in [0.3, 0.4) is 0 Å². The summed E-state index contributed by atoms with van der Waals surface area (Å²) in [5, 5.41) is 0. The first kappa shape index (κ1) is 16.4. The summed E-state index contributed by atoms with van der Waals surface area (Å²) in [6.07, 6.45) is 0. The van der Waals surface area contributed by atoms with E-state index >= 15 is 0 Å². The molecule has 0 aliphatic carbocycles. The van der Waals surface area contributed by atoms with Gasteiger partial charge in [0.05, 0.1) is 15.9 Å². The molecule has 0 fully saturated rings. The molecule has 0 heterocycles. The largest absolute Gasteiger partial charge is 1.00 e. The van der Waals surface area contributed by atoms with E-state index in [0.717, 1.165) is 0 Å². The van der Waals surface area contributed by atoms with E-state index < -0.39 is 15.9 Å². The first-order chi connectivity index (χ1) is 3.06. The standard InChI is InChI=1S/C2H7NO3S.Na.H2O/c3-1-2-7(4,5)6;;/h1-3H2,(H,4,5,6);;1H2/q;+1;/p-1. The van der Waals surface area contributed by atoms with Gasteiger partial charge in [0.25, 0.3) is 0 Å². The third kappa shape index (κ3) is 17.7. The molecule has 0 aliphatic rings. The van der Waals surface area contributed by atoms with Crippen molar-refractivity contribution in [2.24, 2.45) is 5.73 Å². The Balaban J connectivity index is -0.000000180. The fourth-order valence-corrected chi connectivity index (χ4v) is 0.433. The van der Waals surface area contributed by atoms with Crippen LogP contribution in [-0.4, -0.2) is 30.7 Å². The SMILES string of the molecule is NCCS(=O)(=O)[O-].O.[Na+]. The second-order valence-electron chi connectivity index (χ2n) is 1.05. The smallest absolute Gasteiger partial charge is 0.748 e. The first-order valence-corrected chi connectivity index (χ1v) is 3.27. The fraction of sp³-hybridized carbons (Fsp3) is 1.00. The van der Waals surface area contributed by atoms with E-state index in [-0.39, 0.29) is 41.6 Å². The zero-order chi connectivity index (χ0) is 5.91. The maximum atomic E-state index is 9.60. The van der Waals surface area contributed by atoms with Gasteiger partial charge in [-0.05, 0) is 0 Å². The van der Waals surface area contributed by atoms with Crippen LogP contribution in [-0.2, 0) is 10.1 Å². The summed E-state index contributed by atoms with van der Waals surface area (Å²) in [6, 6.07) is 0. The van der Waals surface area contributed by atoms with E-state index in [2.05, 4.69) is 0 Å². The Morgan fingerprint density at radius 2 is 1.78 bits per heavy atom. The van der Waals surface area contributed by atoms with Crippen LogP contribution in [0.2, 0.25) is 0 Å². The Morgan fingerprint density at radius 3 is 1.78 bits per heavy atom.